The first-order valence-electron chi connectivity index (χ1n) is 10.6. The molecule has 0 aromatic rings. The molecule has 1 aliphatic carbocycles. The summed E-state index contributed by atoms with van der Waals surface area (Å²) in [7, 11) is 1.83. The van der Waals surface area contributed by atoms with Crippen molar-refractivity contribution in [3.05, 3.63) is 0 Å². The number of likely N-dealkylation sites (tertiary alicyclic amines) is 1. The third kappa shape index (κ3) is 5.98. The van der Waals surface area contributed by atoms with Gasteiger partial charge in [0.25, 0.3) is 0 Å². The number of guanidine groups is 1. The van der Waals surface area contributed by atoms with Crippen molar-refractivity contribution in [2.75, 3.05) is 59.5 Å². The van der Waals surface area contributed by atoms with Gasteiger partial charge in [0.05, 0.1) is 13.2 Å². The smallest absolute Gasteiger partial charge is 0.410 e. The molecule has 1 atom stereocenters. The van der Waals surface area contributed by atoms with E-state index < -0.39 is 5.60 Å². The fourth-order valence-corrected chi connectivity index (χ4v) is 3.93. The van der Waals surface area contributed by atoms with Gasteiger partial charge in [-0.3, -0.25) is 9.89 Å². The highest BCUT2D eigenvalue weighted by atomic mass is 16.6. The van der Waals surface area contributed by atoms with Crippen molar-refractivity contribution in [2.24, 2.45) is 4.99 Å². The van der Waals surface area contributed by atoms with Gasteiger partial charge in [-0.15, -0.1) is 0 Å². The SMILES string of the molecule is CN=C(NCCN(C(=O)OC(C)(C)C)C1CC1)N1CCC(N2CCOCC2)C1. The maximum absolute atomic E-state index is 12.5. The Kier molecular flexibility index (Phi) is 7.04. The normalized spacial score (nSPS) is 24.4. The molecule has 3 fully saturated rings. The Morgan fingerprint density at radius 1 is 1.21 bits per heavy atom. The number of amides is 1. The van der Waals surface area contributed by atoms with Crippen LogP contribution < -0.4 is 5.32 Å². The summed E-state index contributed by atoms with van der Waals surface area (Å²) in [6.45, 7) is 12.8. The second-order valence-electron chi connectivity index (χ2n) is 8.92. The standard InChI is InChI=1S/C20H37N5O3/c1-20(2,3)28-19(26)25(16-5-6-16)10-8-22-18(21-4)24-9-7-17(15-24)23-11-13-27-14-12-23/h16-17H,5-15H2,1-4H3,(H,21,22). The molecule has 3 rings (SSSR count). The van der Waals surface area contributed by atoms with Gasteiger partial charge in [-0.05, 0) is 40.0 Å². The van der Waals surface area contributed by atoms with E-state index in [0.29, 0.717) is 25.2 Å². The van der Waals surface area contributed by atoms with Crippen LogP contribution in [0.1, 0.15) is 40.0 Å². The number of ether oxygens (including phenoxy) is 2. The lowest BCUT2D eigenvalue weighted by atomic mass is 10.2. The molecule has 3 aliphatic rings. The van der Waals surface area contributed by atoms with Crippen LogP contribution in [0.15, 0.2) is 4.99 Å². The lowest BCUT2D eigenvalue weighted by Crippen LogP contribution is -2.48. The van der Waals surface area contributed by atoms with Gasteiger partial charge in [0, 0.05) is 58.4 Å². The molecule has 8 nitrogen and oxygen atoms in total. The molecule has 160 valence electrons. The molecule has 2 saturated heterocycles. The highest BCUT2D eigenvalue weighted by Crippen LogP contribution is 2.28. The van der Waals surface area contributed by atoms with Crippen molar-refractivity contribution in [1.29, 1.82) is 0 Å². The molecule has 1 saturated carbocycles. The monoisotopic (exact) mass is 395 g/mol. The molecular formula is C20H37N5O3. The van der Waals surface area contributed by atoms with Crippen LogP contribution >= 0.6 is 0 Å². The lowest BCUT2D eigenvalue weighted by molar-refractivity contribution is 0.0194. The average molecular weight is 396 g/mol. The second-order valence-corrected chi connectivity index (χ2v) is 8.92. The van der Waals surface area contributed by atoms with Crippen molar-refractivity contribution in [1.82, 2.24) is 20.0 Å². The molecule has 0 aromatic heterocycles. The van der Waals surface area contributed by atoms with Crippen LogP contribution in [-0.4, -0.2) is 104 Å². The van der Waals surface area contributed by atoms with Crippen LogP contribution in [0.3, 0.4) is 0 Å². The molecule has 8 heteroatoms. The fraction of sp³-hybridized carbons (Fsp3) is 0.900. The zero-order chi connectivity index (χ0) is 20.1. The van der Waals surface area contributed by atoms with Crippen molar-refractivity contribution in [2.45, 2.75) is 57.7 Å². The van der Waals surface area contributed by atoms with Gasteiger partial charge in [-0.1, -0.05) is 0 Å². The number of aliphatic imine (C=N–C) groups is 1. The second kappa shape index (κ2) is 9.31. The summed E-state index contributed by atoms with van der Waals surface area (Å²) in [4.78, 5) is 23.7. The Morgan fingerprint density at radius 3 is 2.54 bits per heavy atom. The van der Waals surface area contributed by atoms with Gasteiger partial charge in [-0.2, -0.15) is 0 Å². The number of carbonyl (C=O) groups is 1. The summed E-state index contributed by atoms with van der Waals surface area (Å²) in [5, 5.41) is 3.45. The quantitative estimate of drug-likeness (QED) is 0.560. The largest absolute Gasteiger partial charge is 0.444 e. The van der Waals surface area contributed by atoms with Gasteiger partial charge in [-0.25, -0.2) is 4.79 Å². The molecule has 1 N–H and O–H groups in total. The van der Waals surface area contributed by atoms with Crippen LogP contribution in [0.4, 0.5) is 4.79 Å². The topological polar surface area (TPSA) is 69.6 Å². The summed E-state index contributed by atoms with van der Waals surface area (Å²) in [5.74, 6) is 0.927. The maximum Gasteiger partial charge on any atom is 0.410 e. The molecule has 1 unspecified atom stereocenters. The van der Waals surface area contributed by atoms with E-state index in [1.807, 2.05) is 32.7 Å². The maximum atomic E-state index is 12.5. The summed E-state index contributed by atoms with van der Waals surface area (Å²) < 4.78 is 11.0. The van der Waals surface area contributed by atoms with Crippen molar-refractivity contribution >= 4 is 12.1 Å². The van der Waals surface area contributed by atoms with Gasteiger partial charge < -0.3 is 24.6 Å². The number of nitrogens with zero attached hydrogens (tertiary/aromatic N) is 4. The summed E-state index contributed by atoms with van der Waals surface area (Å²) in [6.07, 6.45) is 3.09. The van der Waals surface area contributed by atoms with Gasteiger partial charge in [0.1, 0.15) is 5.60 Å². The van der Waals surface area contributed by atoms with Gasteiger partial charge in [0.15, 0.2) is 5.96 Å². The first kappa shape index (κ1) is 21.2. The van der Waals surface area contributed by atoms with Gasteiger partial charge in [0.2, 0.25) is 0 Å². The van der Waals surface area contributed by atoms with E-state index in [0.717, 1.165) is 64.6 Å². The van der Waals surface area contributed by atoms with Crippen LogP contribution in [-0.2, 0) is 9.47 Å². The molecule has 1 amide bonds. The Bertz CT molecular complexity index is 553. The molecule has 0 bridgehead atoms. The number of morpholine rings is 1. The number of hydrogen-bond acceptors (Lipinski definition) is 5. The fourth-order valence-electron chi connectivity index (χ4n) is 3.93. The Hall–Kier alpha value is -1.54. The zero-order valence-corrected chi connectivity index (χ0v) is 17.9. The molecular weight excluding hydrogens is 358 g/mol. The third-order valence-electron chi connectivity index (χ3n) is 5.49. The van der Waals surface area contributed by atoms with Crippen LogP contribution in [0.2, 0.25) is 0 Å². The van der Waals surface area contributed by atoms with Crippen LogP contribution in [0.25, 0.3) is 0 Å². The summed E-state index contributed by atoms with van der Waals surface area (Å²) in [5.41, 5.74) is -0.461. The summed E-state index contributed by atoms with van der Waals surface area (Å²) in [6, 6.07) is 0.906. The van der Waals surface area contributed by atoms with E-state index >= 15 is 0 Å². The van der Waals surface area contributed by atoms with E-state index in [4.69, 9.17) is 9.47 Å². The Balaban J connectivity index is 1.45. The molecule has 28 heavy (non-hydrogen) atoms. The van der Waals surface area contributed by atoms with E-state index in [9.17, 15) is 4.79 Å². The molecule has 0 spiro atoms. The van der Waals surface area contributed by atoms with E-state index in [2.05, 4.69) is 20.1 Å². The van der Waals surface area contributed by atoms with Crippen molar-refractivity contribution in [3.8, 4) is 0 Å². The number of rotatable bonds is 5. The number of hydrogen-bond donors (Lipinski definition) is 1. The molecule has 2 heterocycles. The predicted octanol–water partition coefficient (Wildman–Crippen LogP) is 1.37. The van der Waals surface area contributed by atoms with Gasteiger partial charge >= 0.3 is 6.09 Å². The third-order valence-corrected chi connectivity index (χ3v) is 5.49. The zero-order valence-electron chi connectivity index (χ0n) is 17.9. The van der Waals surface area contributed by atoms with Crippen LogP contribution in [0, 0.1) is 0 Å². The Labute approximate surface area is 169 Å². The minimum absolute atomic E-state index is 0.208. The first-order chi connectivity index (χ1) is 13.4. The lowest BCUT2D eigenvalue weighted by Gasteiger charge is -2.32. The van der Waals surface area contributed by atoms with E-state index in [-0.39, 0.29) is 6.09 Å². The van der Waals surface area contributed by atoms with E-state index in [1.54, 1.807) is 0 Å². The van der Waals surface area contributed by atoms with Crippen molar-refractivity contribution in [3.63, 3.8) is 0 Å². The Morgan fingerprint density at radius 2 is 1.93 bits per heavy atom. The van der Waals surface area contributed by atoms with E-state index in [1.165, 1.54) is 0 Å². The highest BCUT2D eigenvalue weighted by molar-refractivity contribution is 5.80. The average Bonchev–Trinajstić information content (AvgIpc) is 3.37. The molecule has 2 aliphatic heterocycles. The number of nitrogens with one attached hydrogen (secondary N) is 1. The number of carbonyl (C=O) groups excluding carboxylic acids is 1. The van der Waals surface area contributed by atoms with Crippen molar-refractivity contribution < 1.29 is 14.3 Å². The molecule has 0 radical (unpaired) electrons. The van der Waals surface area contributed by atoms with Crippen LogP contribution in [0.5, 0.6) is 0 Å². The predicted molar refractivity (Wildman–Crippen MR) is 110 cm³/mol. The summed E-state index contributed by atoms with van der Waals surface area (Å²) >= 11 is 0. The minimum atomic E-state index is -0.461. The highest BCUT2D eigenvalue weighted by Gasteiger charge is 2.35. The minimum Gasteiger partial charge on any atom is -0.444 e. The first-order valence-corrected chi connectivity index (χ1v) is 10.6. The molecule has 0 aromatic carbocycles.